The van der Waals surface area contributed by atoms with Gasteiger partial charge in [-0.1, -0.05) is 22.0 Å². The van der Waals surface area contributed by atoms with Gasteiger partial charge in [-0.05, 0) is 30.3 Å². The molecule has 6 heteroatoms. The third-order valence-electron chi connectivity index (χ3n) is 2.98. The number of aromatic carboxylic acids is 1. The molecule has 1 aromatic heterocycles. The lowest BCUT2D eigenvalue weighted by Crippen LogP contribution is -1.99. The van der Waals surface area contributed by atoms with Gasteiger partial charge in [-0.2, -0.15) is 0 Å². The summed E-state index contributed by atoms with van der Waals surface area (Å²) >= 11 is 3.20. The summed E-state index contributed by atoms with van der Waals surface area (Å²) in [6, 6.07) is 9.46. The molecule has 0 saturated carbocycles. The summed E-state index contributed by atoms with van der Waals surface area (Å²) in [5, 5.41) is 9.12. The molecule has 1 N–H and O–H groups in total. The number of aromatic nitrogens is 2. The molecule has 2 aromatic carbocycles. The molecule has 4 nitrogen and oxygen atoms in total. The van der Waals surface area contributed by atoms with Crippen LogP contribution >= 0.6 is 15.9 Å². The number of benzene rings is 2. The van der Waals surface area contributed by atoms with Crippen molar-refractivity contribution in [2.24, 2.45) is 0 Å². The molecular weight excluding hydrogens is 327 g/mol. The van der Waals surface area contributed by atoms with Crippen molar-refractivity contribution in [1.82, 2.24) is 9.55 Å². The predicted molar refractivity (Wildman–Crippen MR) is 75.7 cm³/mol. The van der Waals surface area contributed by atoms with Crippen molar-refractivity contribution in [3.63, 3.8) is 0 Å². The Morgan fingerprint density at radius 3 is 2.80 bits per heavy atom. The van der Waals surface area contributed by atoms with E-state index in [1.165, 1.54) is 23.0 Å². The molecule has 0 saturated heterocycles. The third kappa shape index (κ3) is 1.98. The molecule has 0 radical (unpaired) electrons. The van der Waals surface area contributed by atoms with Gasteiger partial charge in [-0.25, -0.2) is 14.2 Å². The van der Waals surface area contributed by atoms with Crippen LogP contribution in [0.25, 0.3) is 16.7 Å². The predicted octanol–water partition coefficient (Wildman–Crippen LogP) is 3.63. The minimum atomic E-state index is -1.06. The molecule has 1 heterocycles. The van der Waals surface area contributed by atoms with E-state index in [0.29, 0.717) is 21.2 Å². The first-order chi connectivity index (χ1) is 9.58. The van der Waals surface area contributed by atoms with Gasteiger partial charge >= 0.3 is 5.97 Å². The molecule has 0 spiro atoms. The van der Waals surface area contributed by atoms with Crippen LogP contribution in [0.15, 0.2) is 47.2 Å². The molecule has 0 aliphatic heterocycles. The lowest BCUT2D eigenvalue weighted by atomic mass is 10.2. The van der Waals surface area contributed by atoms with Gasteiger partial charge in [0.05, 0.1) is 16.8 Å². The normalized spacial score (nSPS) is 10.9. The lowest BCUT2D eigenvalue weighted by molar-refractivity contribution is 0.0699. The van der Waals surface area contributed by atoms with Crippen LogP contribution in [0.3, 0.4) is 0 Å². The number of carboxylic acid groups (broad SMARTS) is 1. The summed E-state index contributed by atoms with van der Waals surface area (Å²) in [4.78, 5) is 15.2. The molecular formula is C14H8BrFN2O2. The number of fused-ring (bicyclic) bond motifs is 1. The molecule has 0 fully saturated rings. The van der Waals surface area contributed by atoms with Crippen molar-refractivity contribution >= 4 is 32.9 Å². The Bertz CT molecular complexity index is 829. The fourth-order valence-electron chi connectivity index (χ4n) is 2.08. The molecule has 0 unspecified atom stereocenters. The van der Waals surface area contributed by atoms with E-state index >= 15 is 0 Å². The standard InChI is InChI=1S/C14H8BrFN2O2/c15-8-4-5-11(10(16)6-8)18-7-17-13-9(14(19)20)2-1-3-12(13)18/h1-7H,(H,19,20). The number of nitrogens with zero attached hydrogens (tertiary/aromatic N) is 2. The van der Waals surface area contributed by atoms with Crippen LogP contribution in [-0.4, -0.2) is 20.6 Å². The molecule has 100 valence electrons. The molecule has 20 heavy (non-hydrogen) atoms. The SMILES string of the molecule is O=C(O)c1cccc2c1ncn2-c1ccc(Br)cc1F. The zero-order chi connectivity index (χ0) is 14.3. The van der Waals surface area contributed by atoms with Crippen LogP contribution in [0.1, 0.15) is 10.4 Å². The molecule has 0 aliphatic rings. The van der Waals surface area contributed by atoms with E-state index in [1.807, 2.05) is 0 Å². The Morgan fingerprint density at radius 1 is 1.30 bits per heavy atom. The zero-order valence-corrected chi connectivity index (χ0v) is 11.6. The van der Waals surface area contributed by atoms with E-state index < -0.39 is 11.8 Å². The van der Waals surface area contributed by atoms with Crippen molar-refractivity contribution in [2.75, 3.05) is 0 Å². The van der Waals surface area contributed by atoms with Gasteiger partial charge in [0.2, 0.25) is 0 Å². The van der Waals surface area contributed by atoms with E-state index in [1.54, 1.807) is 24.3 Å². The van der Waals surface area contributed by atoms with Crippen molar-refractivity contribution in [2.45, 2.75) is 0 Å². The van der Waals surface area contributed by atoms with Gasteiger partial charge in [-0.3, -0.25) is 4.57 Å². The van der Waals surface area contributed by atoms with E-state index in [0.717, 1.165) is 0 Å². The molecule has 0 amide bonds. The third-order valence-corrected chi connectivity index (χ3v) is 3.47. The van der Waals surface area contributed by atoms with Crippen LogP contribution in [0.2, 0.25) is 0 Å². The maximum absolute atomic E-state index is 14.0. The van der Waals surface area contributed by atoms with Gasteiger partial charge in [0.15, 0.2) is 0 Å². The summed E-state index contributed by atoms with van der Waals surface area (Å²) in [7, 11) is 0. The Balaban J connectivity index is 2.28. The van der Waals surface area contributed by atoms with Crippen LogP contribution in [0, 0.1) is 5.82 Å². The minimum absolute atomic E-state index is 0.0961. The Labute approximate surface area is 121 Å². The van der Waals surface area contributed by atoms with E-state index in [2.05, 4.69) is 20.9 Å². The topological polar surface area (TPSA) is 55.1 Å². The smallest absolute Gasteiger partial charge is 0.337 e. The maximum atomic E-state index is 14.0. The van der Waals surface area contributed by atoms with Crippen molar-refractivity contribution in [3.8, 4) is 5.69 Å². The molecule has 3 rings (SSSR count). The monoisotopic (exact) mass is 334 g/mol. The van der Waals surface area contributed by atoms with Gasteiger partial charge < -0.3 is 5.11 Å². The Kier molecular flexibility index (Phi) is 3.02. The summed E-state index contributed by atoms with van der Waals surface area (Å²) in [5.74, 6) is -1.48. The highest BCUT2D eigenvalue weighted by Gasteiger charge is 2.14. The average molecular weight is 335 g/mol. The van der Waals surface area contributed by atoms with Gasteiger partial charge in [0.25, 0.3) is 0 Å². The molecule has 3 aromatic rings. The number of rotatable bonds is 2. The number of para-hydroxylation sites is 1. The number of hydrogen-bond donors (Lipinski definition) is 1. The van der Waals surface area contributed by atoms with E-state index in [9.17, 15) is 9.18 Å². The second-order valence-corrected chi connectivity index (χ2v) is 5.10. The largest absolute Gasteiger partial charge is 0.478 e. The van der Waals surface area contributed by atoms with Gasteiger partial charge in [0, 0.05) is 4.47 Å². The Hall–Kier alpha value is -2.21. The fourth-order valence-corrected chi connectivity index (χ4v) is 2.41. The number of imidazole rings is 1. The fraction of sp³-hybridized carbons (Fsp3) is 0. The summed E-state index contributed by atoms with van der Waals surface area (Å²) < 4.78 is 16.2. The first-order valence-corrected chi connectivity index (χ1v) is 6.52. The zero-order valence-electron chi connectivity index (χ0n) is 10.0. The van der Waals surface area contributed by atoms with Crippen LogP contribution in [-0.2, 0) is 0 Å². The van der Waals surface area contributed by atoms with Crippen molar-refractivity contribution in [3.05, 3.63) is 58.6 Å². The Morgan fingerprint density at radius 2 is 2.10 bits per heavy atom. The first kappa shape index (κ1) is 12.8. The number of hydrogen-bond acceptors (Lipinski definition) is 2. The number of carboxylic acids is 1. The quantitative estimate of drug-likeness (QED) is 0.778. The highest BCUT2D eigenvalue weighted by Crippen LogP contribution is 2.24. The highest BCUT2D eigenvalue weighted by molar-refractivity contribution is 9.10. The lowest BCUT2D eigenvalue weighted by Gasteiger charge is -2.06. The number of carbonyl (C=O) groups is 1. The average Bonchev–Trinajstić information content (AvgIpc) is 2.82. The van der Waals surface area contributed by atoms with E-state index in [4.69, 9.17) is 5.11 Å². The van der Waals surface area contributed by atoms with Crippen molar-refractivity contribution < 1.29 is 14.3 Å². The summed E-state index contributed by atoms with van der Waals surface area (Å²) in [6.45, 7) is 0. The van der Waals surface area contributed by atoms with E-state index in [-0.39, 0.29) is 5.56 Å². The summed E-state index contributed by atoms with van der Waals surface area (Å²) in [6.07, 6.45) is 1.42. The molecule has 0 atom stereocenters. The highest BCUT2D eigenvalue weighted by atomic mass is 79.9. The van der Waals surface area contributed by atoms with Gasteiger partial charge in [0.1, 0.15) is 17.7 Å². The van der Waals surface area contributed by atoms with Crippen LogP contribution < -0.4 is 0 Å². The minimum Gasteiger partial charge on any atom is -0.478 e. The maximum Gasteiger partial charge on any atom is 0.337 e. The van der Waals surface area contributed by atoms with Crippen LogP contribution in [0.5, 0.6) is 0 Å². The first-order valence-electron chi connectivity index (χ1n) is 5.72. The molecule has 0 aliphatic carbocycles. The van der Waals surface area contributed by atoms with Gasteiger partial charge in [-0.15, -0.1) is 0 Å². The van der Waals surface area contributed by atoms with Crippen LogP contribution in [0.4, 0.5) is 4.39 Å². The second kappa shape index (κ2) is 4.72. The van der Waals surface area contributed by atoms with Crippen molar-refractivity contribution in [1.29, 1.82) is 0 Å². The number of halogens is 2. The summed E-state index contributed by atoms with van der Waals surface area (Å²) in [5.41, 5.74) is 1.30. The second-order valence-electron chi connectivity index (χ2n) is 4.19. The molecule has 0 bridgehead atoms.